The van der Waals surface area contributed by atoms with Gasteiger partial charge in [-0.05, 0) is 12.0 Å². The van der Waals surface area contributed by atoms with Gasteiger partial charge < -0.3 is 5.11 Å². The average Bonchev–Trinajstić information content (AvgIpc) is 2.59. The van der Waals surface area contributed by atoms with Gasteiger partial charge in [0.25, 0.3) is 0 Å². The highest BCUT2D eigenvalue weighted by atomic mass is 16.4. The number of carboxylic acid groups (broad SMARTS) is 1. The molecule has 0 heterocycles. The van der Waals surface area contributed by atoms with E-state index >= 15 is 0 Å². The van der Waals surface area contributed by atoms with Crippen LogP contribution in [0.5, 0.6) is 0 Å². The van der Waals surface area contributed by atoms with E-state index in [2.05, 4.69) is 0 Å². The van der Waals surface area contributed by atoms with Crippen LogP contribution in [0.25, 0.3) is 0 Å². The number of benzene rings is 1. The van der Waals surface area contributed by atoms with Gasteiger partial charge in [0.15, 0.2) is 0 Å². The summed E-state index contributed by atoms with van der Waals surface area (Å²) in [5, 5.41) is 9.45. The van der Waals surface area contributed by atoms with Gasteiger partial charge in [-0.2, -0.15) is 0 Å². The highest BCUT2D eigenvalue weighted by molar-refractivity contribution is 5.95. The van der Waals surface area contributed by atoms with Crippen LogP contribution in [-0.4, -0.2) is 16.9 Å². The minimum Gasteiger partial charge on any atom is -0.481 e. The summed E-state index contributed by atoms with van der Waals surface area (Å²) in [6.07, 6.45) is 0.773. The molecule has 0 radical (unpaired) electrons. The molecule has 1 N–H and O–H groups in total. The minimum atomic E-state index is -1.02. The molecule has 1 aliphatic carbocycles. The number of rotatable bonds is 2. The van der Waals surface area contributed by atoms with Crippen LogP contribution in [0.2, 0.25) is 0 Å². The van der Waals surface area contributed by atoms with Gasteiger partial charge in [0.1, 0.15) is 11.2 Å². The van der Waals surface area contributed by atoms with Crippen molar-refractivity contribution in [3.05, 3.63) is 35.9 Å². The van der Waals surface area contributed by atoms with E-state index in [0.29, 0.717) is 12.8 Å². The molecule has 2 rings (SSSR count). The number of ketones is 1. The van der Waals surface area contributed by atoms with E-state index < -0.39 is 17.3 Å². The maximum Gasteiger partial charge on any atom is 0.314 e. The van der Waals surface area contributed by atoms with E-state index in [1.807, 2.05) is 18.2 Å². The van der Waals surface area contributed by atoms with Gasteiger partial charge in [-0.3, -0.25) is 9.59 Å². The molecule has 1 aromatic rings. The lowest BCUT2D eigenvalue weighted by Gasteiger charge is -2.28. The smallest absolute Gasteiger partial charge is 0.314 e. The number of Topliss-reactive ketones (excluding diaryl/α,β-unsaturated/α-hetero) is 1. The molecule has 3 heteroatoms. The van der Waals surface area contributed by atoms with Gasteiger partial charge in [0.05, 0.1) is 0 Å². The third-order valence-electron chi connectivity index (χ3n) is 3.66. The molecule has 84 valence electrons. The molecule has 0 bridgehead atoms. The lowest BCUT2D eigenvalue weighted by Crippen LogP contribution is -2.39. The molecule has 0 aromatic heterocycles. The number of carboxylic acids is 1. The van der Waals surface area contributed by atoms with Gasteiger partial charge in [-0.15, -0.1) is 0 Å². The normalized spacial score (nSPS) is 29.3. The highest BCUT2D eigenvalue weighted by Gasteiger charge is 2.52. The van der Waals surface area contributed by atoms with Crippen molar-refractivity contribution in [2.24, 2.45) is 5.92 Å². The van der Waals surface area contributed by atoms with Crippen LogP contribution in [0, 0.1) is 5.92 Å². The molecule has 0 unspecified atom stereocenters. The minimum absolute atomic E-state index is 0.0475. The number of hydrogen-bond acceptors (Lipinski definition) is 2. The molecule has 0 spiro atoms. The standard InChI is InChI=1S/C13H14O3/c1-9-11(14)7-8-13(9,12(15)16)10-5-3-2-4-6-10/h2-6,9H,7-8H2,1H3,(H,15,16)/t9-,13-/m1/s1. The summed E-state index contributed by atoms with van der Waals surface area (Å²) in [5.74, 6) is -1.28. The monoisotopic (exact) mass is 218 g/mol. The first-order valence-corrected chi connectivity index (χ1v) is 5.40. The Kier molecular flexibility index (Phi) is 2.54. The molecular formula is C13H14O3. The van der Waals surface area contributed by atoms with Crippen molar-refractivity contribution in [3.8, 4) is 0 Å². The SMILES string of the molecule is C[C@@H]1C(=O)CC[C@]1(C(=O)O)c1ccccc1. The van der Waals surface area contributed by atoms with Crippen molar-refractivity contribution in [1.82, 2.24) is 0 Å². The molecule has 2 atom stereocenters. The van der Waals surface area contributed by atoms with Crippen molar-refractivity contribution in [3.63, 3.8) is 0 Å². The summed E-state index contributed by atoms with van der Waals surface area (Å²) in [6.45, 7) is 1.72. The highest BCUT2D eigenvalue weighted by Crippen LogP contribution is 2.43. The van der Waals surface area contributed by atoms with E-state index in [-0.39, 0.29) is 5.78 Å². The summed E-state index contributed by atoms with van der Waals surface area (Å²) in [4.78, 5) is 23.1. The second kappa shape index (κ2) is 3.74. The van der Waals surface area contributed by atoms with Gasteiger partial charge in [-0.1, -0.05) is 37.3 Å². The number of carbonyl (C=O) groups excluding carboxylic acids is 1. The molecule has 0 aliphatic heterocycles. The van der Waals surface area contributed by atoms with Crippen molar-refractivity contribution >= 4 is 11.8 Å². The van der Waals surface area contributed by atoms with Crippen molar-refractivity contribution < 1.29 is 14.7 Å². The predicted molar refractivity (Wildman–Crippen MR) is 59.2 cm³/mol. The first-order chi connectivity index (χ1) is 7.59. The fourth-order valence-electron chi connectivity index (χ4n) is 2.57. The second-order valence-corrected chi connectivity index (χ2v) is 4.33. The van der Waals surface area contributed by atoms with Crippen LogP contribution in [0.1, 0.15) is 25.3 Å². The van der Waals surface area contributed by atoms with E-state index in [4.69, 9.17) is 0 Å². The third-order valence-corrected chi connectivity index (χ3v) is 3.66. The molecule has 1 saturated carbocycles. The van der Waals surface area contributed by atoms with Crippen LogP contribution in [0.3, 0.4) is 0 Å². The van der Waals surface area contributed by atoms with E-state index in [0.717, 1.165) is 5.56 Å². The molecular weight excluding hydrogens is 204 g/mol. The number of carbonyl (C=O) groups is 2. The predicted octanol–water partition coefficient (Wildman–Crippen LogP) is 2.01. The average molecular weight is 218 g/mol. The molecule has 3 nitrogen and oxygen atoms in total. The Morgan fingerprint density at radius 2 is 2.00 bits per heavy atom. The number of aliphatic carboxylic acids is 1. The molecule has 1 aromatic carbocycles. The quantitative estimate of drug-likeness (QED) is 0.826. The zero-order valence-corrected chi connectivity index (χ0v) is 9.14. The van der Waals surface area contributed by atoms with Gasteiger partial charge in [0.2, 0.25) is 0 Å². The van der Waals surface area contributed by atoms with E-state index in [1.165, 1.54) is 0 Å². The third kappa shape index (κ3) is 1.35. The Labute approximate surface area is 94.1 Å². The molecule has 1 fully saturated rings. The first-order valence-electron chi connectivity index (χ1n) is 5.40. The maximum absolute atomic E-state index is 11.6. The Bertz CT molecular complexity index is 424. The Hall–Kier alpha value is -1.64. The lowest BCUT2D eigenvalue weighted by molar-refractivity contribution is -0.146. The fourth-order valence-corrected chi connectivity index (χ4v) is 2.57. The van der Waals surface area contributed by atoms with Crippen LogP contribution < -0.4 is 0 Å². The number of hydrogen-bond donors (Lipinski definition) is 1. The fraction of sp³-hybridized carbons (Fsp3) is 0.385. The van der Waals surface area contributed by atoms with Crippen molar-refractivity contribution in [1.29, 1.82) is 0 Å². The van der Waals surface area contributed by atoms with Crippen LogP contribution in [0.15, 0.2) is 30.3 Å². The van der Waals surface area contributed by atoms with Crippen LogP contribution in [0.4, 0.5) is 0 Å². The molecule has 0 amide bonds. The van der Waals surface area contributed by atoms with Gasteiger partial charge in [0, 0.05) is 12.3 Å². The summed E-state index contributed by atoms with van der Waals surface area (Å²) in [6, 6.07) is 9.07. The zero-order chi connectivity index (χ0) is 11.8. The van der Waals surface area contributed by atoms with Crippen molar-refractivity contribution in [2.45, 2.75) is 25.2 Å². The first kappa shape index (κ1) is 10.9. The summed E-state index contributed by atoms with van der Waals surface area (Å²) in [7, 11) is 0. The summed E-state index contributed by atoms with van der Waals surface area (Å²) in [5.41, 5.74) is -0.279. The van der Waals surface area contributed by atoms with E-state index in [9.17, 15) is 14.7 Å². The summed E-state index contributed by atoms with van der Waals surface area (Å²) < 4.78 is 0. The van der Waals surface area contributed by atoms with Gasteiger partial charge >= 0.3 is 5.97 Å². The Morgan fingerprint density at radius 1 is 1.38 bits per heavy atom. The molecule has 1 aliphatic rings. The van der Waals surface area contributed by atoms with E-state index in [1.54, 1.807) is 19.1 Å². The maximum atomic E-state index is 11.6. The lowest BCUT2D eigenvalue weighted by atomic mass is 9.73. The molecule has 0 saturated heterocycles. The second-order valence-electron chi connectivity index (χ2n) is 4.33. The molecule has 16 heavy (non-hydrogen) atoms. The van der Waals surface area contributed by atoms with Crippen molar-refractivity contribution in [2.75, 3.05) is 0 Å². The Balaban J connectivity index is 2.54. The van der Waals surface area contributed by atoms with Crippen LogP contribution in [-0.2, 0) is 15.0 Å². The zero-order valence-electron chi connectivity index (χ0n) is 9.14. The van der Waals surface area contributed by atoms with Gasteiger partial charge in [-0.25, -0.2) is 0 Å². The topological polar surface area (TPSA) is 54.4 Å². The van der Waals surface area contributed by atoms with Crippen LogP contribution >= 0.6 is 0 Å². The largest absolute Gasteiger partial charge is 0.481 e. The Morgan fingerprint density at radius 3 is 2.44 bits per heavy atom. The summed E-state index contributed by atoms with van der Waals surface area (Å²) >= 11 is 0.